The molecule has 0 radical (unpaired) electrons. The lowest BCUT2D eigenvalue weighted by Gasteiger charge is -2.16. The van der Waals surface area contributed by atoms with E-state index in [4.69, 9.17) is 0 Å². The SMILES string of the molecule is O=C(Nc1cc(-c2ccc3c(c2)CCCC3)[nH]n1)c1ccc(-c2cncnc2)s1. The molecule has 0 bridgehead atoms. The van der Waals surface area contributed by atoms with Gasteiger partial charge in [0.05, 0.1) is 10.6 Å². The molecule has 2 N–H and O–H groups in total. The summed E-state index contributed by atoms with van der Waals surface area (Å²) in [5.74, 6) is 0.335. The molecule has 3 aromatic heterocycles. The third-order valence-corrected chi connectivity index (χ3v) is 6.29. The van der Waals surface area contributed by atoms with Crippen LogP contribution in [0.15, 0.2) is 55.1 Å². The number of amides is 1. The van der Waals surface area contributed by atoms with E-state index in [1.165, 1.54) is 41.6 Å². The second-order valence-corrected chi connectivity index (χ2v) is 8.19. The van der Waals surface area contributed by atoms with Crippen LogP contribution in [-0.4, -0.2) is 26.1 Å². The first-order valence-electron chi connectivity index (χ1n) is 9.60. The largest absolute Gasteiger partial charge is 0.304 e. The molecule has 1 amide bonds. The van der Waals surface area contributed by atoms with Crippen LogP contribution >= 0.6 is 11.3 Å². The maximum Gasteiger partial charge on any atom is 0.266 e. The molecule has 1 aromatic carbocycles. The second-order valence-electron chi connectivity index (χ2n) is 7.10. The number of thiophene rings is 1. The molecular formula is C22H19N5OS. The topological polar surface area (TPSA) is 83.6 Å². The maximum atomic E-state index is 12.6. The molecule has 0 unspecified atom stereocenters. The van der Waals surface area contributed by atoms with Crippen LogP contribution in [0.1, 0.15) is 33.6 Å². The summed E-state index contributed by atoms with van der Waals surface area (Å²) in [7, 11) is 0. The summed E-state index contributed by atoms with van der Waals surface area (Å²) >= 11 is 1.40. The molecule has 0 fully saturated rings. The number of nitrogens with one attached hydrogen (secondary N) is 2. The van der Waals surface area contributed by atoms with E-state index in [9.17, 15) is 4.79 Å². The lowest BCUT2D eigenvalue weighted by Crippen LogP contribution is -2.10. The van der Waals surface area contributed by atoms with E-state index in [0.717, 1.165) is 34.5 Å². The number of aromatic amines is 1. The van der Waals surface area contributed by atoms with Crippen LogP contribution in [0.3, 0.4) is 0 Å². The fourth-order valence-corrected chi connectivity index (χ4v) is 4.53. The standard InChI is InChI=1S/C22H19N5OS/c28-22(20-8-7-19(29-20)17-11-23-13-24-12-17)25-21-10-18(26-27-21)16-6-5-14-3-1-2-4-15(14)9-16/h5-13H,1-4H2,(H2,25,26,27,28). The molecule has 5 rings (SSSR count). The van der Waals surface area contributed by atoms with E-state index < -0.39 is 0 Å². The second kappa shape index (κ2) is 7.60. The molecule has 0 spiro atoms. The first-order chi connectivity index (χ1) is 14.3. The summed E-state index contributed by atoms with van der Waals surface area (Å²) in [5, 5.41) is 10.2. The average molecular weight is 401 g/mol. The number of carbonyl (C=O) groups excluding carboxylic acids is 1. The van der Waals surface area contributed by atoms with Crippen LogP contribution < -0.4 is 5.32 Å². The average Bonchev–Trinajstić information content (AvgIpc) is 3.44. The number of rotatable bonds is 4. The first kappa shape index (κ1) is 17.8. The maximum absolute atomic E-state index is 12.6. The molecule has 0 atom stereocenters. The van der Waals surface area contributed by atoms with Crippen molar-refractivity contribution >= 4 is 23.1 Å². The predicted octanol–water partition coefficient (Wildman–Crippen LogP) is 4.73. The number of aryl methyl sites for hydroxylation is 2. The van der Waals surface area contributed by atoms with Crippen molar-refractivity contribution in [1.82, 2.24) is 20.2 Å². The molecule has 0 saturated carbocycles. The van der Waals surface area contributed by atoms with Gasteiger partial charge < -0.3 is 5.32 Å². The van der Waals surface area contributed by atoms with Gasteiger partial charge in [-0.3, -0.25) is 9.89 Å². The van der Waals surface area contributed by atoms with Gasteiger partial charge in [0.2, 0.25) is 0 Å². The van der Waals surface area contributed by atoms with Crippen LogP contribution in [0.4, 0.5) is 5.82 Å². The number of anilines is 1. The van der Waals surface area contributed by atoms with Crippen LogP contribution in [0.5, 0.6) is 0 Å². The zero-order valence-electron chi connectivity index (χ0n) is 15.7. The minimum absolute atomic E-state index is 0.179. The van der Waals surface area contributed by atoms with Crippen molar-refractivity contribution in [2.75, 3.05) is 5.32 Å². The number of carbonyl (C=O) groups is 1. The summed E-state index contributed by atoms with van der Waals surface area (Å²) in [6.45, 7) is 0. The minimum atomic E-state index is -0.179. The zero-order valence-corrected chi connectivity index (χ0v) is 16.5. The number of nitrogens with zero attached hydrogens (tertiary/aromatic N) is 3. The fraction of sp³-hybridized carbons (Fsp3) is 0.182. The van der Waals surface area contributed by atoms with Gasteiger partial charge in [-0.05, 0) is 60.6 Å². The molecular weight excluding hydrogens is 382 g/mol. The van der Waals surface area contributed by atoms with E-state index in [1.807, 2.05) is 12.1 Å². The lowest BCUT2D eigenvalue weighted by molar-refractivity contribution is 0.103. The van der Waals surface area contributed by atoms with E-state index in [0.29, 0.717) is 10.7 Å². The molecule has 1 aliphatic rings. The smallest absolute Gasteiger partial charge is 0.266 e. The fourth-order valence-electron chi connectivity index (χ4n) is 3.65. The summed E-state index contributed by atoms with van der Waals surface area (Å²) < 4.78 is 0. The highest BCUT2D eigenvalue weighted by Gasteiger charge is 2.14. The van der Waals surface area contributed by atoms with E-state index in [1.54, 1.807) is 18.5 Å². The van der Waals surface area contributed by atoms with Gasteiger partial charge >= 0.3 is 0 Å². The molecule has 1 aliphatic carbocycles. The quantitative estimate of drug-likeness (QED) is 0.518. The van der Waals surface area contributed by atoms with E-state index >= 15 is 0 Å². The van der Waals surface area contributed by atoms with Crippen LogP contribution in [0.25, 0.3) is 21.7 Å². The monoisotopic (exact) mass is 401 g/mol. The van der Waals surface area contributed by atoms with Crippen molar-refractivity contribution in [1.29, 1.82) is 0 Å². The van der Waals surface area contributed by atoms with Gasteiger partial charge in [-0.1, -0.05) is 12.1 Å². The Balaban J connectivity index is 1.31. The van der Waals surface area contributed by atoms with Crippen LogP contribution in [0, 0.1) is 0 Å². The van der Waals surface area contributed by atoms with Crippen LogP contribution in [0.2, 0.25) is 0 Å². The molecule has 4 aromatic rings. The molecule has 6 nitrogen and oxygen atoms in total. The van der Waals surface area contributed by atoms with E-state index in [-0.39, 0.29) is 5.91 Å². The van der Waals surface area contributed by atoms with Crippen molar-refractivity contribution in [3.05, 3.63) is 71.1 Å². The number of fused-ring (bicyclic) bond motifs is 1. The highest BCUT2D eigenvalue weighted by molar-refractivity contribution is 7.17. The Morgan fingerprint density at radius 3 is 2.66 bits per heavy atom. The van der Waals surface area contributed by atoms with Crippen molar-refractivity contribution in [2.45, 2.75) is 25.7 Å². The van der Waals surface area contributed by atoms with Crippen molar-refractivity contribution in [3.63, 3.8) is 0 Å². The van der Waals surface area contributed by atoms with Gasteiger partial charge in [0.25, 0.3) is 5.91 Å². The van der Waals surface area contributed by atoms with Gasteiger partial charge in [-0.25, -0.2) is 9.97 Å². The van der Waals surface area contributed by atoms with Gasteiger partial charge in [0.15, 0.2) is 5.82 Å². The Hall–Kier alpha value is -3.32. The summed E-state index contributed by atoms with van der Waals surface area (Å²) in [6.07, 6.45) is 9.78. The zero-order chi connectivity index (χ0) is 19.6. The van der Waals surface area contributed by atoms with E-state index in [2.05, 4.69) is 43.7 Å². The Bertz CT molecular complexity index is 1160. The highest BCUT2D eigenvalue weighted by Crippen LogP contribution is 2.29. The van der Waals surface area contributed by atoms with Gasteiger partial charge in [-0.2, -0.15) is 5.10 Å². The first-order valence-corrected chi connectivity index (χ1v) is 10.4. The Labute approximate surface area is 172 Å². The third-order valence-electron chi connectivity index (χ3n) is 5.15. The number of benzene rings is 1. The minimum Gasteiger partial charge on any atom is -0.304 e. The Kier molecular flexibility index (Phi) is 4.65. The van der Waals surface area contributed by atoms with Gasteiger partial charge in [0.1, 0.15) is 6.33 Å². The van der Waals surface area contributed by atoms with Crippen molar-refractivity contribution in [3.8, 4) is 21.7 Å². The van der Waals surface area contributed by atoms with Crippen molar-refractivity contribution < 1.29 is 4.79 Å². The number of hydrogen-bond acceptors (Lipinski definition) is 5. The van der Waals surface area contributed by atoms with Gasteiger partial charge in [-0.15, -0.1) is 11.3 Å². The molecule has 7 heteroatoms. The van der Waals surface area contributed by atoms with Crippen LogP contribution in [-0.2, 0) is 12.8 Å². The normalized spacial score (nSPS) is 13.1. The number of aromatic nitrogens is 4. The highest BCUT2D eigenvalue weighted by atomic mass is 32.1. The van der Waals surface area contributed by atoms with Crippen molar-refractivity contribution in [2.24, 2.45) is 0 Å². The predicted molar refractivity (Wildman–Crippen MR) is 114 cm³/mol. The Morgan fingerprint density at radius 1 is 0.966 bits per heavy atom. The molecule has 0 saturated heterocycles. The molecule has 29 heavy (non-hydrogen) atoms. The number of H-pyrrole nitrogens is 1. The summed E-state index contributed by atoms with van der Waals surface area (Å²) in [4.78, 5) is 22.2. The third kappa shape index (κ3) is 3.69. The van der Waals surface area contributed by atoms with Gasteiger partial charge in [0, 0.05) is 28.9 Å². The lowest BCUT2D eigenvalue weighted by atomic mass is 9.90. The molecule has 3 heterocycles. The summed E-state index contributed by atoms with van der Waals surface area (Å²) in [5.41, 5.74) is 5.77. The summed E-state index contributed by atoms with van der Waals surface area (Å²) in [6, 6.07) is 12.2. The number of hydrogen-bond donors (Lipinski definition) is 2. The Morgan fingerprint density at radius 2 is 1.79 bits per heavy atom. The molecule has 144 valence electrons. The molecule has 0 aliphatic heterocycles.